The summed E-state index contributed by atoms with van der Waals surface area (Å²) in [4.78, 5) is 30.8. The molecule has 2 unspecified atom stereocenters. The van der Waals surface area contributed by atoms with Gasteiger partial charge in [-0.25, -0.2) is 0 Å². The molecule has 0 radical (unpaired) electrons. The molecular weight excluding hydrogens is 384 g/mol. The molecular formula is C27H40N2O2. The highest BCUT2D eigenvalue weighted by Gasteiger charge is 2.42. The molecule has 4 nitrogen and oxygen atoms in total. The van der Waals surface area contributed by atoms with Gasteiger partial charge >= 0.3 is 0 Å². The molecule has 31 heavy (non-hydrogen) atoms. The zero-order valence-corrected chi connectivity index (χ0v) is 20.2. The molecule has 170 valence electrons. The Bertz CT molecular complexity index is 832. The van der Waals surface area contributed by atoms with Gasteiger partial charge in [0.25, 0.3) is 11.8 Å². The Hall–Kier alpha value is -2.10. The maximum atomic E-state index is 13.5. The van der Waals surface area contributed by atoms with Crippen LogP contribution in [0, 0.1) is 25.7 Å². The number of carbonyl (C=O) groups excluding carboxylic acids is 2. The van der Waals surface area contributed by atoms with Crippen molar-refractivity contribution >= 4 is 17.4 Å². The monoisotopic (exact) mass is 424 g/mol. The topological polar surface area (TPSA) is 40.6 Å². The molecule has 3 rings (SSSR count). The number of aryl methyl sites for hydroxylation is 2. The summed E-state index contributed by atoms with van der Waals surface area (Å²) in [5, 5.41) is 0. The maximum absolute atomic E-state index is 13.5. The third-order valence-electron chi connectivity index (χ3n) is 6.86. The average Bonchev–Trinajstić information content (AvgIpc) is 2.96. The number of carbonyl (C=O) groups is 2. The zero-order chi connectivity index (χ0) is 22.5. The summed E-state index contributed by atoms with van der Waals surface area (Å²) >= 11 is 0. The van der Waals surface area contributed by atoms with Crippen molar-refractivity contribution in [3.05, 3.63) is 40.6 Å². The number of likely N-dealkylation sites (tertiary alicyclic amines) is 1. The fraction of sp³-hybridized carbons (Fsp3) is 0.630. The number of imide groups is 1. The van der Waals surface area contributed by atoms with Crippen molar-refractivity contribution in [2.45, 2.75) is 79.6 Å². The minimum absolute atomic E-state index is 0.0897. The summed E-state index contributed by atoms with van der Waals surface area (Å²) in [6, 6.07) is 6.14. The molecule has 0 saturated carbocycles. The van der Waals surface area contributed by atoms with E-state index >= 15 is 0 Å². The minimum Gasteiger partial charge on any atom is -0.366 e. The smallest absolute Gasteiger partial charge is 0.277 e. The van der Waals surface area contributed by atoms with E-state index in [9.17, 15) is 9.59 Å². The Kier molecular flexibility index (Phi) is 7.96. The van der Waals surface area contributed by atoms with Crippen molar-refractivity contribution in [1.82, 2.24) is 9.80 Å². The Morgan fingerprint density at radius 3 is 2.16 bits per heavy atom. The first-order valence-electron chi connectivity index (χ1n) is 12.3. The SMILES string of the molecule is CCCCCCCCN1C(=O)C(c2ccc(C)c(C)c2)=C(N2CC(C)CC(C)C2)C1=O. The number of hydrogen-bond donors (Lipinski definition) is 0. The van der Waals surface area contributed by atoms with E-state index in [-0.39, 0.29) is 11.8 Å². The Morgan fingerprint density at radius 2 is 1.52 bits per heavy atom. The summed E-state index contributed by atoms with van der Waals surface area (Å²) in [6.45, 7) is 13.1. The zero-order valence-electron chi connectivity index (χ0n) is 20.2. The van der Waals surface area contributed by atoms with E-state index < -0.39 is 0 Å². The Balaban J connectivity index is 1.87. The van der Waals surface area contributed by atoms with Crippen molar-refractivity contribution in [1.29, 1.82) is 0 Å². The van der Waals surface area contributed by atoms with Crippen LogP contribution in [0.2, 0.25) is 0 Å². The van der Waals surface area contributed by atoms with E-state index in [0.29, 0.717) is 29.7 Å². The molecule has 2 aliphatic rings. The molecule has 1 aromatic carbocycles. The van der Waals surface area contributed by atoms with Crippen molar-refractivity contribution in [3.8, 4) is 0 Å². The summed E-state index contributed by atoms with van der Waals surface area (Å²) < 4.78 is 0. The van der Waals surface area contributed by atoms with Crippen molar-refractivity contribution in [3.63, 3.8) is 0 Å². The highest BCUT2D eigenvalue weighted by molar-refractivity contribution is 6.35. The molecule has 2 aliphatic heterocycles. The molecule has 2 heterocycles. The summed E-state index contributed by atoms with van der Waals surface area (Å²) in [7, 11) is 0. The van der Waals surface area contributed by atoms with Crippen LogP contribution in [-0.4, -0.2) is 41.2 Å². The van der Waals surface area contributed by atoms with Crippen LogP contribution in [0.5, 0.6) is 0 Å². The molecule has 1 aromatic rings. The molecule has 2 atom stereocenters. The second-order valence-corrected chi connectivity index (χ2v) is 9.90. The van der Waals surface area contributed by atoms with Gasteiger partial charge in [-0.05, 0) is 55.2 Å². The Morgan fingerprint density at radius 1 is 0.871 bits per heavy atom. The van der Waals surface area contributed by atoms with Gasteiger partial charge in [0.15, 0.2) is 0 Å². The molecule has 0 aliphatic carbocycles. The lowest BCUT2D eigenvalue weighted by atomic mass is 9.90. The number of unbranched alkanes of at least 4 members (excludes halogenated alkanes) is 5. The van der Waals surface area contributed by atoms with Crippen molar-refractivity contribution in [2.75, 3.05) is 19.6 Å². The van der Waals surface area contributed by atoms with Crippen LogP contribution < -0.4 is 0 Å². The Labute approximate surface area is 188 Å². The molecule has 0 N–H and O–H groups in total. The molecule has 0 bridgehead atoms. The standard InChI is InChI=1S/C27H40N2O2/c1-6-7-8-9-10-11-14-29-26(30)24(23-13-12-21(4)22(5)16-23)25(27(29)31)28-17-19(2)15-20(3)18-28/h12-13,16,19-20H,6-11,14-15,17-18H2,1-5H3. The summed E-state index contributed by atoms with van der Waals surface area (Å²) in [5.41, 5.74) is 4.48. The lowest BCUT2D eigenvalue weighted by Crippen LogP contribution is -2.42. The van der Waals surface area contributed by atoms with Crippen LogP contribution in [0.3, 0.4) is 0 Å². The summed E-state index contributed by atoms with van der Waals surface area (Å²) in [5.74, 6) is 0.844. The quantitative estimate of drug-likeness (QED) is 0.376. The van der Waals surface area contributed by atoms with Gasteiger partial charge in [0.1, 0.15) is 5.70 Å². The van der Waals surface area contributed by atoms with E-state index in [2.05, 4.69) is 51.7 Å². The first kappa shape index (κ1) is 23.6. The molecule has 0 aromatic heterocycles. The first-order valence-corrected chi connectivity index (χ1v) is 12.3. The van der Waals surface area contributed by atoms with E-state index in [1.54, 1.807) is 0 Å². The van der Waals surface area contributed by atoms with Gasteiger partial charge in [-0.1, -0.05) is 71.1 Å². The molecule has 0 spiro atoms. The van der Waals surface area contributed by atoms with Gasteiger partial charge < -0.3 is 4.90 Å². The van der Waals surface area contributed by atoms with Crippen LogP contribution >= 0.6 is 0 Å². The first-order chi connectivity index (χ1) is 14.8. The predicted octanol–water partition coefficient (Wildman–Crippen LogP) is 5.72. The number of piperidine rings is 1. The van der Waals surface area contributed by atoms with Gasteiger partial charge in [0.2, 0.25) is 0 Å². The van der Waals surface area contributed by atoms with E-state index in [1.807, 2.05) is 6.07 Å². The predicted molar refractivity (Wildman–Crippen MR) is 127 cm³/mol. The van der Waals surface area contributed by atoms with E-state index in [1.165, 1.54) is 42.6 Å². The van der Waals surface area contributed by atoms with Crippen molar-refractivity contribution < 1.29 is 9.59 Å². The number of nitrogens with zero attached hydrogens (tertiary/aromatic N) is 2. The van der Waals surface area contributed by atoms with Gasteiger partial charge in [-0.15, -0.1) is 0 Å². The van der Waals surface area contributed by atoms with E-state index in [4.69, 9.17) is 0 Å². The van der Waals surface area contributed by atoms with Gasteiger partial charge in [0, 0.05) is 19.6 Å². The van der Waals surface area contributed by atoms with Crippen molar-refractivity contribution in [2.24, 2.45) is 11.8 Å². The largest absolute Gasteiger partial charge is 0.366 e. The third kappa shape index (κ3) is 5.39. The fourth-order valence-corrected chi connectivity index (χ4v) is 5.11. The van der Waals surface area contributed by atoms with Gasteiger partial charge in [0.05, 0.1) is 5.57 Å². The normalized spacial score (nSPS) is 22.1. The lowest BCUT2D eigenvalue weighted by Gasteiger charge is -2.37. The van der Waals surface area contributed by atoms with Gasteiger partial charge in [-0.3, -0.25) is 14.5 Å². The highest BCUT2D eigenvalue weighted by Crippen LogP contribution is 2.35. The average molecular weight is 425 g/mol. The second kappa shape index (κ2) is 10.5. The highest BCUT2D eigenvalue weighted by atomic mass is 16.2. The van der Waals surface area contributed by atoms with E-state index in [0.717, 1.165) is 37.1 Å². The maximum Gasteiger partial charge on any atom is 0.277 e. The lowest BCUT2D eigenvalue weighted by molar-refractivity contribution is -0.137. The van der Waals surface area contributed by atoms with Crippen LogP contribution in [0.25, 0.3) is 5.57 Å². The summed E-state index contributed by atoms with van der Waals surface area (Å²) in [6.07, 6.45) is 8.03. The number of hydrogen-bond acceptors (Lipinski definition) is 3. The number of benzene rings is 1. The molecule has 4 heteroatoms. The van der Waals surface area contributed by atoms with Gasteiger partial charge in [-0.2, -0.15) is 0 Å². The molecule has 2 amide bonds. The fourth-order valence-electron chi connectivity index (χ4n) is 5.11. The molecule has 1 saturated heterocycles. The number of rotatable bonds is 9. The number of amides is 2. The van der Waals surface area contributed by atoms with Crippen LogP contribution in [-0.2, 0) is 9.59 Å². The molecule has 1 fully saturated rings. The second-order valence-electron chi connectivity index (χ2n) is 9.90. The third-order valence-corrected chi connectivity index (χ3v) is 6.86. The van der Waals surface area contributed by atoms with Crippen LogP contribution in [0.4, 0.5) is 0 Å². The minimum atomic E-state index is -0.109. The van der Waals surface area contributed by atoms with Crippen LogP contribution in [0.15, 0.2) is 23.9 Å². The van der Waals surface area contributed by atoms with Crippen LogP contribution in [0.1, 0.15) is 82.4 Å².